The first kappa shape index (κ1) is 15.9. The molecule has 21 heavy (non-hydrogen) atoms. The molecule has 0 spiro atoms. The number of nitrogens with one attached hydrogen (secondary N) is 1. The Kier molecular flexibility index (Phi) is 5.70. The fourth-order valence-electron chi connectivity index (χ4n) is 1.95. The SMILES string of the molecule is CC(Nc1ccccc1SCC(N)=O)c1cccc(Br)c1. The Bertz CT molecular complexity index is 633. The van der Waals surface area contributed by atoms with E-state index in [1.165, 1.54) is 17.3 Å². The van der Waals surface area contributed by atoms with Crippen LogP contribution in [0.5, 0.6) is 0 Å². The predicted octanol–water partition coefficient (Wildman–Crippen LogP) is 4.20. The van der Waals surface area contributed by atoms with Gasteiger partial charge in [0.05, 0.1) is 5.75 Å². The number of carbonyl (C=O) groups excluding carboxylic acids is 1. The van der Waals surface area contributed by atoms with Crippen molar-refractivity contribution >= 4 is 39.3 Å². The van der Waals surface area contributed by atoms with Crippen molar-refractivity contribution in [3.8, 4) is 0 Å². The summed E-state index contributed by atoms with van der Waals surface area (Å²) >= 11 is 4.94. The molecule has 0 aliphatic heterocycles. The van der Waals surface area contributed by atoms with E-state index >= 15 is 0 Å². The van der Waals surface area contributed by atoms with E-state index in [1.807, 2.05) is 36.4 Å². The maximum atomic E-state index is 10.9. The lowest BCUT2D eigenvalue weighted by Gasteiger charge is -2.18. The van der Waals surface area contributed by atoms with Gasteiger partial charge in [0.2, 0.25) is 5.91 Å². The van der Waals surface area contributed by atoms with Crippen molar-refractivity contribution in [2.75, 3.05) is 11.1 Å². The third-order valence-corrected chi connectivity index (χ3v) is 4.57. The van der Waals surface area contributed by atoms with Crippen LogP contribution in [0.2, 0.25) is 0 Å². The van der Waals surface area contributed by atoms with Crippen LogP contribution >= 0.6 is 27.7 Å². The van der Waals surface area contributed by atoms with E-state index in [4.69, 9.17) is 5.73 Å². The smallest absolute Gasteiger partial charge is 0.227 e. The monoisotopic (exact) mass is 364 g/mol. The summed E-state index contributed by atoms with van der Waals surface area (Å²) in [6.07, 6.45) is 0. The minimum Gasteiger partial charge on any atom is -0.378 e. The molecule has 2 aromatic carbocycles. The lowest BCUT2D eigenvalue weighted by atomic mass is 10.1. The number of primary amides is 1. The zero-order valence-corrected chi connectivity index (χ0v) is 14.1. The van der Waals surface area contributed by atoms with Gasteiger partial charge in [-0.25, -0.2) is 0 Å². The zero-order chi connectivity index (χ0) is 15.2. The molecular weight excluding hydrogens is 348 g/mol. The summed E-state index contributed by atoms with van der Waals surface area (Å²) in [5.74, 6) is -0.0286. The summed E-state index contributed by atoms with van der Waals surface area (Å²) < 4.78 is 1.06. The van der Waals surface area contributed by atoms with Crippen LogP contribution < -0.4 is 11.1 Å². The van der Waals surface area contributed by atoms with Crippen LogP contribution in [-0.2, 0) is 4.79 Å². The van der Waals surface area contributed by atoms with Gasteiger partial charge in [0, 0.05) is 21.1 Å². The van der Waals surface area contributed by atoms with Crippen molar-refractivity contribution in [3.05, 3.63) is 58.6 Å². The number of nitrogens with two attached hydrogens (primary N) is 1. The number of benzene rings is 2. The van der Waals surface area contributed by atoms with Crippen molar-refractivity contribution < 1.29 is 4.79 Å². The number of para-hydroxylation sites is 1. The summed E-state index contributed by atoms with van der Waals surface area (Å²) in [5.41, 5.74) is 7.42. The molecule has 2 aromatic rings. The molecule has 0 saturated carbocycles. The number of carbonyl (C=O) groups is 1. The molecule has 1 unspecified atom stereocenters. The zero-order valence-electron chi connectivity index (χ0n) is 11.7. The maximum absolute atomic E-state index is 10.9. The normalized spacial score (nSPS) is 11.9. The van der Waals surface area contributed by atoms with Gasteiger partial charge in [0.25, 0.3) is 0 Å². The Morgan fingerprint density at radius 3 is 2.76 bits per heavy atom. The highest BCUT2D eigenvalue weighted by molar-refractivity contribution is 9.10. The Morgan fingerprint density at radius 1 is 1.29 bits per heavy atom. The second-order valence-corrected chi connectivity index (χ2v) is 6.61. The summed E-state index contributed by atoms with van der Waals surface area (Å²) in [7, 11) is 0. The highest BCUT2D eigenvalue weighted by Gasteiger charge is 2.09. The van der Waals surface area contributed by atoms with Gasteiger partial charge in [-0.15, -0.1) is 11.8 Å². The molecule has 3 N–H and O–H groups in total. The van der Waals surface area contributed by atoms with E-state index in [9.17, 15) is 4.79 Å². The van der Waals surface area contributed by atoms with Crippen LogP contribution in [0.1, 0.15) is 18.5 Å². The molecule has 0 heterocycles. The van der Waals surface area contributed by atoms with Gasteiger partial charge < -0.3 is 11.1 Å². The fraction of sp³-hybridized carbons (Fsp3) is 0.188. The predicted molar refractivity (Wildman–Crippen MR) is 92.5 cm³/mol. The number of halogens is 1. The standard InChI is InChI=1S/C16H17BrN2OS/c1-11(12-5-4-6-13(17)9-12)19-14-7-2-3-8-15(14)21-10-16(18)20/h2-9,11,19H,10H2,1H3,(H2,18,20). The van der Waals surface area contributed by atoms with Gasteiger partial charge in [0.15, 0.2) is 0 Å². The molecule has 0 aromatic heterocycles. The maximum Gasteiger partial charge on any atom is 0.227 e. The van der Waals surface area contributed by atoms with E-state index in [0.29, 0.717) is 0 Å². The van der Waals surface area contributed by atoms with Gasteiger partial charge in [-0.05, 0) is 36.8 Å². The topological polar surface area (TPSA) is 55.1 Å². The molecule has 3 nitrogen and oxygen atoms in total. The van der Waals surface area contributed by atoms with Crippen LogP contribution in [0.15, 0.2) is 57.9 Å². The lowest BCUT2D eigenvalue weighted by Crippen LogP contribution is -2.13. The van der Waals surface area contributed by atoms with E-state index in [0.717, 1.165) is 15.1 Å². The first-order valence-electron chi connectivity index (χ1n) is 6.58. The van der Waals surface area contributed by atoms with Crippen LogP contribution in [0, 0.1) is 0 Å². The molecule has 0 aliphatic carbocycles. The van der Waals surface area contributed by atoms with Crippen molar-refractivity contribution in [2.24, 2.45) is 5.73 Å². The van der Waals surface area contributed by atoms with E-state index in [2.05, 4.69) is 40.3 Å². The molecule has 110 valence electrons. The average molecular weight is 365 g/mol. The molecule has 0 fully saturated rings. The first-order valence-corrected chi connectivity index (χ1v) is 8.36. The first-order chi connectivity index (χ1) is 10.1. The van der Waals surface area contributed by atoms with Gasteiger partial charge >= 0.3 is 0 Å². The van der Waals surface area contributed by atoms with Crippen LogP contribution in [0.25, 0.3) is 0 Å². The van der Waals surface area contributed by atoms with Gasteiger partial charge in [0.1, 0.15) is 0 Å². The minimum absolute atomic E-state index is 0.165. The largest absolute Gasteiger partial charge is 0.378 e. The molecule has 0 radical (unpaired) electrons. The molecule has 0 saturated heterocycles. The Labute approximate surface area is 137 Å². The summed E-state index contributed by atoms with van der Waals surface area (Å²) in [6.45, 7) is 2.11. The third-order valence-electron chi connectivity index (χ3n) is 2.98. The summed E-state index contributed by atoms with van der Waals surface area (Å²) in [4.78, 5) is 12.0. The number of hydrogen-bond acceptors (Lipinski definition) is 3. The van der Waals surface area contributed by atoms with E-state index in [-0.39, 0.29) is 17.7 Å². The highest BCUT2D eigenvalue weighted by atomic mass is 79.9. The average Bonchev–Trinajstić information content (AvgIpc) is 2.46. The third kappa shape index (κ3) is 4.79. The Morgan fingerprint density at radius 2 is 2.05 bits per heavy atom. The summed E-state index contributed by atoms with van der Waals surface area (Å²) in [5, 5.41) is 3.48. The Balaban J connectivity index is 2.13. The van der Waals surface area contributed by atoms with Crippen LogP contribution in [0.3, 0.4) is 0 Å². The van der Waals surface area contributed by atoms with Crippen molar-refractivity contribution in [1.29, 1.82) is 0 Å². The van der Waals surface area contributed by atoms with Crippen molar-refractivity contribution in [3.63, 3.8) is 0 Å². The molecule has 2 rings (SSSR count). The molecule has 1 amide bonds. The molecule has 1 atom stereocenters. The van der Waals surface area contributed by atoms with Crippen molar-refractivity contribution in [1.82, 2.24) is 0 Å². The molecular formula is C16H17BrN2OS. The highest BCUT2D eigenvalue weighted by Crippen LogP contribution is 2.30. The van der Waals surface area contributed by atoms with Crippen LogP contribution in [-0.4, -0.2) is 11.7 Å². The fourth-order valence-corrected chi connectivity index (χ4v) is 3.13. The van der Waals surface area contributed by atoms with Gasteiger partial charge in [-0.1, -0.05) is 40.2 Å². The van der Waals surface area contributed by atoms with E-state index in [1.54, 1.807) is 0 Å². The quantitative estimate of drug-likeness (QED) is 0.755. The second-order valence-electron chi connectivity index (χ2n) is 4.67. The number of anilines is 1. The number of amides is 1. The second kappa shape index (κ2) is 7.52. The molecule has 5 heteroatoms. The molecule has 0 bridgehead atoms. The minimum atomic E-state index is -0.310. The number of thioether (sulfide) groups is 1. The molecule has 0 aliphatic rings. The van der Waals surface area contributed by atoms with E-state index < -0.39 is 0 Å². The van der Waals surface area contributed by atoms with Gasteiger partial charge in [-0.3, -0.25) is 4.79 Å². The van der Waals surface area contributed by atoms with Gasteiger partial charge in [-0.2, -0.15) is 0 Å². The van der Waals surface area contributed by atoms with Crippen LogP contribution in [0.4, 0.5) is 5.69 Å². The lowest BCUT2D eigenvalue weighted by molar-refractivity contribution is -0.115. The Hall–Kier alpha value is -1.46. The number of rotatable bonds is 6. The summed E-state index contributed by atoms with van der Waals surface area (Å²) in [6, 6.07) is 16.3. The van der Waals surface area contributed by atoms with Crippen molar-refractivity contribution in [2.45, 2.75) is 17.9 Å². The number of hydrogen-bond donors (Lipinski definition) is 2.